The van der Waals surface area contributed by atoms with Gasteiger partial charge in [0.05, 0.1) is 11.3 Å². The summed E-state index contributed by atoms with van der Waals surface area (Å²) in [5.41, 5.74) is 4.89. The maximum atomic E-state index is 13.3. The van der Waals surface area contributed by atoms with Crippen LogP contribution in [0.1, 0.15) is 28.4 Å². The second kappa shape index (κ2) is 9.68. The lowest BCUT2D eigenvalue weighted by molar-refractivity contribution is -0.129. The fourth-order valence-electron chi connectivity index (χ4n) is 3.40. The Morgan fingerprint density at radius 1 is 1.06 bits per heavy atom. The molecule has 0 aromatic heterocycles. The molecule has 168 valence electrons. The van der Waals surface area contributed by atoms with Crippen molar-refractivity contribution in [2.75, 3.05) is 11.7 Å². The molecule has 0 saturated carbocycles. The van der Waals surface area contributed by atoms with E-state index in [9.17, 15) is 9.59 Å². The van der Waals surface area contributed by atoms with Gasteiger partial charge in [-0.05, 0) is 60.7 Å². The van der Waals surface area contributed by atoms with E-state index in [2.05, 4.69) is 5.43 Å². The summed E-state index contributed by atoms with van der Waals surface area (Å²) in [7, 11) is 0. The van der Waals surface area contributed by atoms with Crippen LogP contribution in [0.25, 0.3) is 0 Å². The zero-order valence-corrected chi connectivity index (χ0v) is 19.7. The van der Waals surface area contributed by atoms with Gasteiger partial charge in [0.15, 0.2) is 10.7 Å². The highest BCUT2D eigenvalue weighted by Gasteiger charge is 2.46. The van der Waals surface area contributed by atoms with Gasteiger partial charge in [-0.3, -0.25) is 10.2 Å². The topological polar surface area (TPSA) is 71.0 Å². The second-order valence-corrected chi connectivity index (χ2v) is 8.78. The first kappa shape index (κ1) is 22.9. The molecule has 1 N–H and O–H groups in total. The molecule has 1 atom stereocenters. The van der Waals surface area contributed by atoms with Crippen molar-refractivity contribution >= 4 is 46.1 Å². The van der Waals surface area contributed by atoms with E-state index >= 15 is 0 Å². The van der Waals surface area contributed by atoms with Crippen molar-refractivity contribution in [1.29, 1.82) is 0 Å². The van der Waals surface area contributed by atoms with Crippen LogP contribution in [-0.4, -0.2) is 28.3 Å². The van der Waals surface area contributed by atoms with Gasteiger partial charge in [-0.2, -0.15) is 5.01 Å². The quantitative estimate of drug-likeness (QED) is 0.472. The number of ether oxygens (including phenoxy) is 1. The van der Waals surface area contributed by atoms with Gasteiger partial charge in [0, 0.05) is 5.02 Å². The first-order valence-corrected chi connectivity index (χ1v) is 11.8. The standard InChI is InChI=1S/C25H22ClN3O3S/c1-25(23(31)29(24(27-25)33-2)28-21-6-4-3-5-7-21)19-12-8-17(9-13-19)16-32-22(30)18-10-14-20(26)15-11-18/h3-15,28H,16H2,1-2H3/t25-/m1/s1. The van der Waals surface area contributed by atoms with Crippen LogP contribution in [0.4, 0.5) is 5.69 Å². The number of esters is 1. The molecule has 3 aromatic rings. The Bertz CT molecular complexity index is 1180. The zero-order valence-electron chi connectivity index (χ0n) is 18.1. The smallest absolute Gasteiger partial charge is 0.338 e. The summed E-state index contributed by atoms with van der Waals surface area (Å²) in [4.78, 5) is 30.3. The van der Waals surface area contributed by atoms with Gasteiger partial charge in [0.25, 0.3) is 5.91 Å². The molecule has 0 aliphatic carbocycles. The number of carbonyl (C=O) groups is 2. The number of anilines is 1. The number of benzene rings is 3. The summed E-state index contributed by atoms with van der Waals surface area (Å²) >= 11 is 7.25. The highest BCUT2D eigenvalue weighted by atomic mass is 35.5. The fourth-order valence-corrected chi connectivity index (χ4v) is 4.11. The summed E-state index contributed by atoms with van der Waals surface area (Å²) in [5.74, 6) is -0.594. The number of aliphatic imine (C=N–C) groups is 1. The molecule has 0 bridgehead atoms. The molecule has 1 aliphatic rings. The van der Waals surface area contributed by atoms with Gasteiger partial charge < -0.3 is 4.74 Å². The molecule has 1 heterocycles. The third kappa shape index (κ3) is 4.89. The Hall–Kier alpha value is -3.29. The molecule has 4 rings (SSSR count). The molecule has 8 heteroatoms. The minimum atomic E-state index is -1.06. The van der Waals surface area contributed by atoms with Crippen LogP contribution in [0.2, 0.25) is 5.02 Å². The molecule has 3 aromatic carbocycles. The van der Waals surface area contributed by atoms with Crippen molar-refractivity contribution in [3.63, 3.8) is 0 Å². The molecule has 0 spiro atoms. The van der Waals surface area contributed by atoms with Crippen molar-refractivity contribution in [2.45, 2.75) is 19.1 Å². The highest BCUT2D eigenvalue weighted by molar-refractivity contribution is 8.13. The number of para-hydroxylation sites is 1. The van der Waals surface area contributed by atoms with Gasteiger partial charge in [-0.25, -0.2) is 9.79 Å². The van der Waals surface area contributed by atoms with Gasteiger partial charge in [-0.1, -0.05) is 65.8 Å². The summed E-state index contributed by atoms with van der Waals surface area (Å²) in [5, 5.41) is 2.64. The number of hydrazine groups is 1. The number of nitrogens with zero attached hydrogens (tertiary/aromatic N) is 2. The molecular formula is C25H22ClN3O3S. The molecule has 1 aliphatic heterocycles. The SMILES string of the molecule is CSC1=N[C@](C)(c2ccc(COC(=O)c3ccc(Cl)cc3)cc2)C(=O)N1Nc1ccccc1. The summed E-state index contributed by atoms with van der Waals surface area (Å²) in [6, 6.07) is 23.4. The lowest BCUT2D eigenvalue weighted by Gasteiger charge is -2.24. The van der Waals surface area contributed by atoms with Crippen molar-refractivity contribution in [3.05, 3.63) is 101 Å². The molecule has 6 nitrogen and oxygen atoms in total. The van der Waals surface area contributed by atoms with Crippen LogP contribution < -0.4 is 5.43 Å². The highest BCUT2D eigenvalue weighted by Crippen LogP contribution is 2.35. The van der Waals surface area contributed by atoms with Crippen LogP contribution in [0, 0.1) is 0 Å². The van der Waals surface area contributed by atoms with E-state index in [1.54, 1.807) is 31.2 Å². The molecule has 33 heavy (non-hydrogen) atoms. The first-order chi connectivity index (χ1) is 15.9. The van der Waals surface area contributed by atoms with Crippen molar-refractivity contribution in [1.82, 2.24) is 5.01 Å². The average molecular weight is 480 g/mol. The summed E-state index contributed by atoms with van der Waals surface area (Å²) < 4.78 is 5.39. The van der Waals surface area contributed by atoms with Crippen molar-refractivity contribution in [3.8, 4) is 0 Å². The third-order valence-corrected chi connectivity index (χ3v) is 6.18. The van der Waals surface area contributed by atoms with E-state index in [0.717, 1.165) is 16.8 Å². The molecule has 0 unspecified atom stereocenters. The minimum absolute atomic E-state index is 0.118. The van der Waals surface area contributed by atoms with Crippen LogP contribution in [0.5, 0.6) is 0 Å². The number of rotatable bonds is 6. The Labute approximate surface area is 201 Å². The largest absolute Gasteiger partial charge is 0.457 e. The Morgan fingerprint density at radius 2 is 1.73 bits per heavy atom. The van der Waals surface area contributed by atoms with Crippen LogP contribution >= 0.6 is 23.4 Å². The van der Waals surface area contributed by atoms with Gasteiger partial charge in [0.2, 0.25) is 0 Å². The molecule has 0 saturated heterocycles. The Morgan fingerprint density at radius 3 is 2.36 bits per heavy atom. The number of hydrogen-bond acceptors (Lipinski definition) is 6. The van der Waals surface area contributed by atoms with Gasteiger partial charge in [0.1, 0.15) is 6.61 Å². The summed E-state index contributed by atoms with van der Waals surface area (Å²) in [6.45, 7) is 1.92. The molecule has 0 fully saturated rings. The Balaban J connectivity index is 1.46. The lowest BCUT2D eigenvalue weighted by Crippen LogP contribution is -2.42. The van der Waals surface area contributed by atoms with E-state index < -0.39 is 11.5 Å². The second-order valence-electron chi connectivity index (χ2n) is 7.57. The van der Waals surface area contributed by atoms with Gasteiger partial charge >= 0.3 is 5.97 Å². The van der Waals surface area contributed by atoms with E-state index in [1.165, 1.54) is 16.8 Å². The predicted octanol–water partition coefficient (Wildman–Crippen LogP) is 5.50. The molecular weight excluding hydrogens is 458 g/mol. The third-order valence-electron chi connectivity index (χ3n) is 5.29. The monoisotopic (exact) mass is 479 g/mol. The number of amides is 1. The van der Waals surface area contributed by atoms with E-state index in [1.807, 2.05) is 60.9 Å². The number of thioether (sulfide) groups is 1. The number of hydrogen-bond donors (Lipinski definition) is 1. The average Bonchev–Trinajstić information content (AvgIpc) is 3.09. The number of amidine groups is 1. The van der Waals surface area contributed by atoms with E-state index in [4.69, 9.17) is 21.3 Å². The van der Waals surface area contributed by atoms with Crippen LogP contribution in [0.3, 0.4) is 0 Å². The van der Waals surface area contributed by atoms with Crippen molar-refractivity contribution < 1.29 is 14.3 Å². The zero-order chi connectivity index (χ0) is 23.4. The first-order valence-electron chi connectivity index (χ1n) is 10.2. The molecule has 0 radical (unpaired) electrons. The number of nitrogens with one attached hydrogen (secondary N) is 1. The Kier molecular flexibility index (Phi) is 6.72. The lowest BCUT2D eigenvalue weighted by atomic mass is 9.92. The predicted molar refractivity (Wildman–Crippen MR) is 132 cm³/mol. The van der Waals surface area contributed by atoms with Crippen LogP contribution in [0.15, 0.2) is 83.9 Å². The number of halogens is 1. The maximum Gasteiger partial charge on any atom is 0.338 e. The maximum absolute atomic E-state index is 13.3. The number of carbonyl (C=O) groups excluding carboxylic acids is 2. The minimum Gasteiger partial charge on any atom is -0.457 e. The summed E-state index contributed by atoms with van der Waals surface area (Å²) in [6.07, 6.45) is 1.88. The van der Waals surface area contributed by atoms with Crippen molar-refractivity contribution in [2.24, 2.45) is 4.99 Å². The van der Waals surface area contributed by atoms with E-state index in [-0.39, 0.29) is 12.5 Å². The normalized spacial score (nSPS) is 17.6. The molecule has 1 amide bonds. The van der Waals surface area contributed by atoms with E-state index in [0.29, 0.717) is 15.8 Å². The van der Waals surface area contributed by atoms with Crippen LogP contribution in [-0.2, 0) is 21.7 Å². The van der Waals surface area contributed by atoms with Gasteiger partial charge in [-0.15, -0.1) is 0 Å². The fraction of sp³-hybridized carbons (Fsp3) is 0.160.